The molecule has 5 nitrogen and oxygen atoms in total. The normalized spacial score (nSPS) is 13.0. The number of methoxy groups -OCH3 is 1. The maximum atomic E-state index is 12.0. The molecule has 0 saturated heterocycles. The van der Waals surface area contributed by atoms with Crippen LogP contribution in [0.3, 0.4) is 0 Å². The molecule has 0 fully saturated rings. The summed E-state index contributed by atoms with van der Waals surface area (Å²) in [5.74, 6) is 0.628. The monoisotopic (exact) mass is 464 g/mol. The van der Waals surface area contributed by atoms with Gasteiger partial charge in [-0.2, -0.15) is 0 Å². The molecule has 1 aliphatic carbocycles. The Labute approximate surface area is 166 Å². The number of nitrogens with one attached hydrogen (secondary N) is 1. The fourth-order valence-electron chi connectivity index (χ4n) is 2.87. The van der Waals surface area contributed by atoms with Gasteiger partial charge in [-0.05, 0) is 84.7 Å². The highest BCUT2D eigenvalue weighted by atomic mass is 127. The summed E-state index contributed by atoms with van der Waals surface area (Å²) >= 11 is 2.30. The SMILES string of the molecule is COc1nccc(I)c1C1=Cc2ccc(NC(=O)OC(C)(C)C)cc2C1. The van der Waals surface area contributed by atoms with Crippen molar-refractivity contribution in [3.63, 3.8) is 0 Å². The van der Waals surface area contributed by atoms with E-state index in [2.05, 4.69) is 39.0 Å². The number of rotatable bonds is 3. The van der Waals surface area contributed by atoms with Crippen molar-refractivity contribution in [3.8, 4) is 5.88 Å². The highest BCUT2D eigenvalue weighted by Crippen LogP contribution is 2.38. The molecule has 1 heterocycles. The van der Waals surface area contributed by atoms with Crippen molar-refractivity contribution in [2.24, 2.45) is 0 Å². The molecule has 1 aliphatic rings. The number of benzene rings is 1. The van der Waals surface area contributed by atoms with Gasteiger partial charge >= 0.3 is 6.09 Å². The van der Waals surface area contributed by atoms with Gasteiger partial charge in [-0.3, -0.25) is 5.32 Å². The lowest BCUT2D eigenvalue weighted by Gasteiger charge is -2.19. The van der Waals surface area contributed by atoms with Gasteiger partial charge < -0.3 is 9.47 Å². The van der Waals surface area contributed by atoms with Crippen molar-refractivity contribution in [1.29, 1.82) is 0 Å². The Morgan fingerprint density at radius 2 is 2.04 bits per heavy atom. The molecule has 1 amide bonds. The zero-order chi connectivity index (χ0) is 18.9. The number of hydrogen-bond donors (Lipinski definition) is 1. The fraction of sp³-hybridized carbons (Fsp3) is 0.300. The van der Waals surface area contributed by atoms with Crippen molar-refractivity contribution < 1.29 is 14.3 Å². The molecule has 1 aromatic heterocycles. The van der Waals surface area contributed by atoms with Crippen molar-refractivity contribution in [1.82, 2.24) is 4.98 Å². The number of anilines is 1. The Hall–Kier alpha value is -2.09. The number of ether oxygens (including phenoxy) is 2. The Balaban J connectivity index is 1.80. The van der Waals surface area contributed by atoms with Crippen LogP contribution >= 0.6 is 22.6 Å². The predicted octanol–water partition coefficient (Wildman–Crippen LogP) is 5.14. The first kappa shape index (κ1) is 18.7. The largest absolute Gasteiger partial charge is 0.481 e. The highest BCUT2D eigenvalue weighted by molar-refractivity contribution is 14.1. The zero-order valence-electron chi connectivity index (χ0n) is 15.2. The Morgan fingerprint density at radius 3 is 2.73 bits per heavy atom. The first-order valence-corrected chi connectivity index (χ1v) is 9.37. The Morgan fingerprint density at radius 1 is 1.27 bits per heavy atom. The maximum absolute atomic E-state index is 12.0. The van der Waals surface area contributed by atoms with Crippen molar-refractivity contribution in [3.05, 3.63) is 50.7 Å². The molecule has 0 saturated carbocycles. The summed E-state index contributed by atoms with van der Waals surface area (Å²) < 4.78 is 11.8. The minimum atomic E-state index is -0.525. The van der Waals surface area contributed by atoms with Crippen LogP contribution in [-0.4, -0.2) is 23.8 Å². The van der Waals surface area contributed by atoms with E-state index in [1.807, 2.05) is 45.0 Å². The number of fused-ring (bicyclic) bond motifs is 1. The fourth-order valence-corrected chi connectivity index (χ4v) is 3.61. The number of nitrogens with zero attached hydrogens (tertiary/aromatic N) is 1. The summed E-state index contributed by atoms with van der Waals surface area (Å²) in [4.78, 5) is 16.3. The molecular weight excluding hydrogens is 443 g/mol. The Bertz CT molecular complexity index is 885. The van der Waals surface area contributed by atoms with E-state index in [0.717, 1.165) is 37.9 Å². The van der Waals surface area contributed by atoms with E-state index >= 15 is 0 Å². The summed E-state index contributed by atoms with van der Waals surface area (Å²) in [5.41, 5.74) is 4.66. The summed E-state index contributed by atoms with van der Waals surface area (Å²) in [5, 5.41) is 2.79. The molecule has 136 valence electrons. The van der Waals surface area contributed by atoms with Crippen LogP contribution in [0.2, 0.25) is 0 Å². The molecule has 0 spiro atoms. The molecule has 3 rings (SSSR count). The van der Waals surface area contributed by atoms with Gasteiger partial charge in [0.1, 0.15) is 5.60 Å². The number of pyridine rings is 1. The van der Waals surface area contributed by atoms with Crippen LogP contribution in [0.15, 0.2) is 30.5 Å². The predicted molar refractivity (Wildman–Crippen MR) is 111 cm³/mol. The molecule has 2 aromatic rings. The summed E-state index contributed by atoms with van der Waals surface area (Å²) in [6.45, 7) is 5.52. The molecule has 0 radical (unpaired) electrons. The lowest BCUT2D eigenvalue weighted by atomic mass is 10.0. The van der Waals surface area contributed by atoms with Crippen LogP contribution in [0.1, 0.15) is 37.5 Å². The van der Waals surface area contributed by atoms with E-state index in [1.54, 1.807) is 13.3 Å². The van der Waals surface area contributed by atoms with Crippen molar-refractivity contribution >= 4 is 46.0 Å². The van der Waals surface area contributed by atoms with Gasteiger partial charge in [0.25, 0.3) is 0 Å². The number of halogens is 1. The third-order valence-corrected chi connectivity index (χ3v) is 4.78. The number of hydrogen-bond acceptors (Lipinski definition) is 4. The standard InChI is InChI=1S/C20H21IN2O3/c1-20(2,3)26-19(24)23-15-6-5-12-9-14(10-13(12)11-15)17-16(21)7-8-22-18(17)25-4/h5-9,11H,10H2,1-4H3,(H,23,24). The zero-order valence-corrected chi connectivity index (χ0v) is 17.4. The lowest BCUT2D eigenvalue weighted by Crippen LogP contribution is -2.27. The lowest BCUT2D eigenvalue weighted by molar-refractivity contribution is 0.0636. The molecule has 26 heavy (non-hydrogen) atoms. The molecule has 1 N–H and O–H groups in total. The average Bonchev–Trinajstić information content (AvgIpc) is 2.95. The molecule has 0 bridgehead atoms. The first-order chi connectivity index (χ1) is 12.3. The van der Waals surface area contributed by atoms with Gasteiger partial charge in [0, 0.05) is 15.5 Å². The van der Waals surface area contributed by atoms with Crippen LogP contribution in [0, 0.1) is 3.57 Å². The minimum absolute atomic E-state index is 0.452. The number of carbonyl (C=O) groups is 1. The number of amides is 1. The second-order valence-electron chi connectivity index (χ2n) is 7.06. The molecule has 1 aromatic carbocycles. The number of aromatic nitrogens is 1. The summed E-state index contributed by atoms with van der Waals surface area (Å²) in [6, 6.07) is 7.84. The topological polar surface area (TPSA) is 60.5 Å². The van der Waals surface area contributed by atoms with Crippen LogP contribution in [0.5, 0.6) is 5.88 Å². The summed E-state index contributed by atoms with van der Waals surface area (Å²) in [7, 11) is 1.63. The maximum Gasteiger partial charge on any atom is 0.412 e. The second-order valence-corrected chi connectivity index (χ2v) is 8.23. The van der Waals surface area contributed by atoms with Gasteiger partial charge in [-0.15, -0.1) is 0 Å². The third kappa shape index (κ3) is 4.17. The molecular formula is C20H21IN2O3. The van der Waals surface area contributed by atoms with E-state index in [9.17, 15) is 4.79 Å². The average molecular weight is 464 g/mol. The van der Waals surface area contributed by atoms with Gasteiger partial charge in [-0.1, -0.05) is 12.1 Å². The highest BCUT2D eigenvalue weighted by Gasteiger charge is 2.21. The van der Waals surface area contributed by atoms with Crippen LogP contribution in [0.4, 0.5) is 10.5 Å². The van der Waals surface area contributed by atoms with Crippen LogP contribution in [-0.2, 0) is 11.2 Å². The third-order valence-electron chi connectivity index (χ3n) is 3.88. The minimum Gasteiger partial charge on any atom is -0.481 e. The van der Waals surface area contributed by atoms with E-state index in [-0.39, 0.29) is 0 Å². The van der Waals surface area contributed by atoms with Gasteiger partial charge in [-0.25, -0.2) is 9.78 Å². The van der Waals surface area contributed by atoms with Crippen molar-refractivity contribution in [2.45, 2.75) is 32.8 Å². The molecule has 0 unspecified atom stereocenters. The van der Waals surface area contributed by atoms with Crippen LogP contribution < -0.4 is 10.1 Å². The van der Waals surface area contributed by atoms with Gasteiger partial charge in [0.05, 0.1) is 12.7 Å². The van der Waals surface area contributed by atoms with E-state index in [0.29, 0.717) is 5.88 Å². The van der Waals surface area contributed by atoms with E-state index in [1.165, 1.54) is 0 Å². The van der Waals surface area contributed by atoms with Crippen LogP contribution in [0.25, 0.3) is 11.6 Å². The number of carbonyl (C=O) groups excluding carboxylic acids is 1. The summed E-state index contributed by atoms with van der Waals surface area (Å²) in [6.07, 6.45) is 4.20. The van der Waals surface area contributed by atoms with Gasteiger partial charge in [0.15, 0.2) is 0 Å². The van der Waals surface area contributed by atoms with E-state index < -0.39 is 11.7 Å². The smallest absolute Gasteiger partial charge is 0.412 e. The second kappa shape index (κ2) is 7.26. The first-order valence-electron chi connectivity index (χ1n) is 8.29. The van der Waals surface area contributed by atoms with Gasteiger partial charge in [0.2, 0.25) is 5.88 Å². The van der Waals surface area contributed by atoms with Crippen molar-refractivity contribution in [2.75, 3.05) is 12.4 Å². The molecule has 6 heteroatoms. The quantitative estimate of drug-likeness (QED) is 0.640. The number of allylic oxidation sites excluding steroid dienone is 1. The molecule has 0 aliphatic heterocycles. The molecule has 0 atom stereocenters. The van der Waals surface area contributed by atoms with E-state index in [4.69, 9.17) is 9.47 Å². The Kier molecular flexibility index (Phi) is 5.22.